The van der Waals surface area contributed by atoms with Crippen LogP contribution in [0.3, 0.4) is 0 Å². The minimum atomic E-state index is -3.03. The first kappa shape index (κ1) is 20.7. The summed E-state index contributed by atoms with van der Waals surface area (Å²) in [5.74, 6) is 0.432. The number of benzene rings is 1. The van der Waals surface area contributed by atoms with Gasteiger partial charge in [0.25, 0.3) is 0 Å². The Balaban J connectivity index is 1.70. The van der Waals surface area contributed by atoms with Crippen LogP contribution in [0.2, 0.25) is 0 Å². The molecule has 2 aromatic rings. The topological polar surface area (TPSA) is 65.9 Å². The number of anilines is 1. The molecule has 2 heterocycles. The van der Waals surface area contributed by atoms with Gasteiger partial charge in [0.2, 0.25) is 5.95 Å². The summed E-state index contributed by atoms with van der Waals surface area (Å²) in [7, 11) is 0. The maximum atomic E-state index is 14.2. The predicted octanol–water partition coefficient (Wildman–Crippen LogP) is 2.50. The Kier molecular flexibility index (Phi) is 7.09. The minimum absolute atomic E-state index is 0.000440. The van der Waals surface area contributed by atoms with Gasteiger partial charge in [0.05, 0.1) is 12.1 Å². The van der Waals surface area contributed by atoms with Crippen molar-refractivity contribution >= 4 is 11.9 Å². The number of ether oxygens (including phenoxy) is 1. The third-order valence-corrected chi connectivity index (χ3v) is 4.43. The highest BCUT2D eigenvalue weighted by Crippen LogP contribution is 2.24. The van der Waals surface area contributed by atoms with Gasteiger partial charge in [-0.2, -0.15) is 8.78 Å². The second-order valence-electron chi connectivity index (χ2n) is 6.29. The molecular formula is C19H23F3N6O. The van der Waals surface area contributed by atoms with Crippen molar-refractivity contribution in [1.29, 1.82) is 0 Å². The first-order valence-corrected chi connectivity index (χ1v) is 9.36. The van der Waals surface area contributed by atoms with Crippen molar-refractivity contribution < 1.29 is 17.9 Å². The van der Waals surface area contributed by atoms with Crippen LogP contribution in [0.4, 0.5) is 19.1 Å². The average Bonchev–Trinajstić information content (AvgIpc) is 2.73. The molecular weight excluding hydrogens is 385 g/mol. The Bertz CT molecular complexity index is 813. The molecule has 3 rings (SSSR count). The summed E-state index contributed by atoms with van der Waals surface area (Å²) < 4.78 is 43.8. The number of aromatic nitrogens is 2. The van der Waals surface area contributed by atoms with Crippen molar-refractivity contribution in [3.8, 4) is 5.75 Å². The standard InChI is InChI=1S/C19H23F3N6O/c1-2-23-18(26-13-14-15(20)5-3-6-16(14)29-17(21)22)27-9-11-28(12-10-27)19-24-7-4-8-25-19/h3-8,17H,2,9-13H2,1H3,(H,23,26). The van der Waals surface area contributed by atoms with E-state index in [4.69, 9.17) is 0 Å². The van der Waals surface area contributed by atoms with Crippen LogP contribution in [-0.2, 0) is 6.54 Å². The summed E-state index contributed by atoms with van der Waals surface area (Å²) in [4.78, 5) is 17.1. The smallest absolute Gasteiger partial charge is 0.387 e. The molecule has 0 amide bonds. The Hall–Kier alpha value is -3.04. The Morgan fingerprint density at radius 3 is 2.55 bits per heavy atom. The van der Waals surface area contributed by atoms with Crippen LogP contribution < -0.4 is 15.0 Å². The predicted molar refractivity (Wildman–Crippen MR) is 104 cm³/mol. The van der Waals surface area contributed by atoms with E-state index in [-0.39, 0.29) is 17.9 Å². The Labute approximate surface area is 167 Å². The summed E-state index contributed by atoms with van der Waals surface area (Å²) >= 11 is 0. The SMILES string of the molecule is CCNC(=NCc1c(F)cccc1OC(F)F)N1CCN(c2ncccn2)CC1. The number of rotatable bonds is 6. The summed E-state index contributed by atoms with van der Waals surface area (Å²) in [6, 6.07) is 5.61. The first-order chi connectivity index (χ1) is 14.1. The van der Waals surface area contributed by atoms with Crippen LogP contribution >= 0.6 is 0 Å². The lowest BCUT2D eigenvalue weighted by Gasteiger charge is -2.36. The fourth-order valence-corrected chi connectivity index (χ4v) is 3.05. The molecule has 1 aliphatic rings. The summed E-state index contributed by atoms with van der Waals surface area (Å²) in [6.45, 7) is 2.15. The van der Waals surface area contributed by atoms with Crippen molar-refractivity contribution in [2.24, 2.45) is 4.99 Å². The molecule has 1 aromatic carbocycles. The third kappa shape index (κ3) is 5.49. The largest absolute Gasteiger partial charge is 0.434 e. The van der Waals surface area contributed by atoms with Crippen molar-refractivity contribution in [2.45, 2.75) is 20.1 Å². The number of guanidine groups is 1. The molecule has 0 spiro atoms. The molecule has 0 atom stereocenters. The molecule has 1 saturated heterocycles. The number of aliphatic imine (C=N–C) groups is 1. The average molecular weight is 408 g/mol. The summed E-state index contributed by atoms with van der Waals surface area (Å²) in [6.07, 6.45) is 3.40. The molecule has 10 heteroatoms. The molecule has 0 unspecified atom stereocenters. The number of halogens is 3. The Morgan fingerprint density at radius 2 is 1.90 bits per heavy atom. The van der Waals surface area contributed by atoms with Crippen molar-refractivity contribution in [1.82, 2.24) is 20.2 Å². The third-order valence-electron chi connectivity index (χ3n) is 4.43. The van der Waals surface area contributed by atoms with E-state index in [1.54, 1.807) is 18.5 Å². The van der Waals surface area contributed by atoms with Crippen LogP contribution in [0.15, 0.2) is 41.7 Å². The second-order valence-corrected chi connectivity index (χ2v) is 6.29. The van der Waals surface area contributed by atoms with E-state index < -0.39 is 12.4 Å². The van der Waals surface area contributed by atoms with Gasteiger partial charge >= 0.3 is 6.61 Å². The van der Waals surface area contributed by atoms with Crippen LogP contribution in [-0.4, -0.2) is 60.2 Å². The van der Waals surface area contributed by atoms with Gasteiger partial charge in [-0.15, -0.1) is 0 Å². The fourth-order valence-electron chi connectivity index (χ4n) is 3.05. The van der Waals surface area contributed by atoms with Gasteiger partial charge in [-0.25, -0.2) is 19.4 Å². The highest BCUT2D eigenvalue weighted by molar-refractivity contribution is 5.80. The molecule has 0 aliphatic carbocycles. The normalized spacial score (nSPS) is 15.0. The fraction of sp³-hybridized carbons (Fsp3) is 0.421. The van der Waals surface area contributed by atoms with E-state index in [0.29, 0.717) is 44.6 Å². The summed E-state index contributed by atoms with van der Waals surface area (Å²) in [5, 5.41) is 3.17. The molecule has 1 aromatic heterocycles. The molecule has 7 nitrogen and oxygen atoms in total. The zero-order valence-electron chi connectivity index (χ0n) is 16.1. The van der Waals surface area contributed by atoms with E-state index in [1.807, 2.05) is 11.8 Å². The van der Waals surface area contributed by atoms with Gasteiger partial charge < -0.3 is 19.9 Å². The van der Waals surface area contributed by atoms with E-state index in [1.165, 1.54) is 18.2 Å². The molecule has 156 valence electrons. The van der Waals surface area contributed by atoms with Crippen LogP contribution in [0.25, 0.3) is 0 Å². The maximum Gasteiger partial charge on any atom is 0.387 e. The van der Waals surface area contributed by atoms with E-state index in [0.717, 1.165) is 0 Å². The molecule has 1 aliphatic heterocycles. The first-order valence-electron chi connectivity index (χ1n) is 9.36. The van der Waals surface area contributed by atoms with Crippen molar-refractivity contribution in [3.05, 3.63) is 48.0 Å². The van der Waals surface area contributed by atoms with E-state index in [9.17, 15) is 13.2 Å². The number of hydrogen-bond acceptors (Lipinski definition) is 5. The van der Waals surface area contributed by atoms with Crippen LogP contribution in [0, 0.1) is 5.82 Å². The van der Waals surface area contributed by atoms with Crippen molar-refractivity contribution in [3.63, 3.8) is 0 Å². The maximum absolute atomic E-state index is 14.2. The highest BCUT2D eigenvalue weighted by atomic mass is 19.3. The zero-order chi connectivity index (χ0) is 20.6. The molecule has 0 bridgehead atoms. The number of alkyl halides is 2. The van der Waals surface area contributed by atoms with E-state index in [2.05, 4.69) is 29.9 Å². The molecule has 1 fully saturated rings. The minimum Gasteiger partial charge on any atom is -0.434 e. The number of nitrogens with zero attached hydrogens (tertiary/aromatic N) is 5. The summed E-state index contributed by atoms with van der Waals surface area (Å²) in [5.41, 5.74) is -0.000440. The number of nitrogens with one attached hydrogen (secondary N) is 1. The van der Waals surface area contributed by atoms with Gasteiger partial charge in [-0.3, -0.25) is 0 Å². The van der Waals surface area contributed by atoms with Crippen molar-refractivity contribution in [2.75, 3.05) is 37.6 Å². The van der Waals surface area contributed by atoms with Crippen LogP contribution in [0.1, 0.15) is 12.5 Å². The molecule has 29 heavy (non-hydrogen) atoms. The highest BCUT2D eigenvalue weighted by Gasteiger charge is 2.21. The Morgan fingerprint density at radius 1 is 1.17 bits per heavy atom. The second kappa shape index (κ2) is 9.94. The van der Waals surface area contributed by atoms with Gasteiger partial charge in [0, 0.05) is 45.1 Å². The number of piperazine rings is 1. The lowest BCUT2D eigenvalue weighted by molar-refractivity contribution is -0.0506. The van der Waals surface area contributed by atoms with Gasteiger partial charge in [-0.05, 0) is 25.1 Å². The lowest BCUT2D eigenvalue weighted by Crippen LogP contribution is -2.53. The lowest BCUT2D eigenvalue weighted by atomic mass is 10.2. The monoisotopic (exact) mass is 408 g/mol. The zero-order valence-corrected chi connectivity index (χ0v) is 16.1. The molecule has 1 N–H and O–H groups in total. The van der Waals surface area contributed by atoms with Gasteiger partial charge in [-0.1, -0.05) is 6.07 Å². The van der Waals surface area contributed by atoms with Gasteiger partial charge in [0.1, 0.15) is 11.6 Å². The number of hydrogen-bond donors (Lipinski definition) is 1. The van der Waals surface area contributed by atoms with Gasteiger partial charge in [0.15, 0.2) is 5.96 Å². The quantitative estimate of drug-likeness (QED) is 0.585. The molecule has 0 radical (unpaired) electrons. The van der Waals surface area contributed by atoms with Crippen LogP contribution in [0.5, 0.6) is 5.75 Å². The van der Waals surface area contributed by atoms with E-state index >= 15 is 0 Å². The molecule has 0 saturated carbocycles.